The van der Waals surface area contributed by atoms with E-state index in [1.807, 2.05) is 12.3 Å². The van der Waals surface area contributed by atoms with Crippen molar-refractivity contribution in [1.82, 2.24) is 4.98 Å². The van der Waals surface area contributed by atoms with Crippen LogP contribution in [0.5, 0.6) is 0 Å². The molecule has 1 heteroatoms. The Morgan fingerprint density at radius 2 is 1.68 bits per heavy atom. The molecule has 1 heterocycles. The van der Waals surface area contributed by atoms with Crippen molar-refractivity contribution in [3.63, 3.8) is 0 Å². The first-order valence-electron chi connectivity index (χ1n) is 7.40. The number of pyridine rings is 1. The summed E-state index contributed by atoms with van der Waals surface area (Å²) in [4.78, 5) is 4.47. The third kappa shape index (κ3) is 4.51. The first kappa shape index (κ1) is 13.8. The average Bonchev–Trinajstić information content (AvgIpc) is 2.48. The maximum Gasteiger partial charge on any atom is 0.0704 e. The summed E-state index contributed by atoms with van der Waals surface area (Å²) in [7, 11) is 0. The van der Waals surface area contributed by atoms with Crippen molar-refractivity contribution in [2.75, 3.05) is 0 Å². The SMILES string of the molecule is CCCCCCCc1ccnc(-c2ccccc2)c1. The topological polar surface area (TPSA) is 12.9 Å². The van der Waals surface area contributed by atoms with Gasteiger partial charge in [0, 0.05) is 11.8 Å². The summed E-state index contributed by atoms with van der Waals surface area (Å²) in [6, 6.07) is 14.8. The molecule has 0 amide bonds. The Morgan fingerprint density at radius 1 is 0.895 bits per heavy atom. The van der Waals surface area contributed by atoms with Gasteiger partial charge in [-0.2, -0.15) is 0 Å². The maximum absolute atomic E-state index is 4.47. The summed E-state index contributed by atoms with van der Waals surface area (Å²) in [5, 5.41) is 0. The summed E-state index contributed by atoms with van der Waals surface area (Å²) in [6.45, 7) is 2.26. The second kappa shape index (κ2) is 7.73. The summed E-state index contributed by atoms with van der Waals surface area (Å²) in [6.07, 6.45) is 9.79. The van der Waals surface area contributed by atoms with E-state index in [4.69, 9.17) is 0 Å². The first-order valence-corrected chi connectivity index (χ1v) is 7.40. The molecule has 2 aromatic rings. The van der Waals surface area contributed by atoms with Crippen molar-refractivity contribution in [2.24, 2.45) is 0 Å². The fraction of sp³-hybridized carbons (Fsp3) is 0.389. The number of hydrogen-bond donors (Lipinski definition) is 0. The Kier molecular flexibility index (Phi) is 5.61. The van der Waals surface area contributed by atoms with E-state index in [9.17, 15) is 0 Å². The quantitative estimate of drug-likeness (QED) is 0.613. The number of hydrogen-bond acceptors (Lipinski definition) is 1. The van der Waals surface area contributed by atoms with Crippen LogP contribution in [0.4, 0.5) is 0 Å². The molecule has 0 saturated carbocycles. The van der Waals surface area contributed by atoms with Gasteiger partial charge in [0.15, 0.2) is 0 Å². The second-order valence-corrected chi connectivity index (χ2v) is 5.08. The monoisotopic (exact) mass is 253 g/mol. The number of rotatable bonds is 7. The minimum atomic E-state index is 1.09. The lowest BCUT2D eigenvalue weighted by molar-refractivity contribution is 0.632. The second-order valence-electron chi connectivity index (χ2n) is 5.08. The smallest absolute Gasteiger partial charge is 0.0704 e. The zero-order chi connectivity index (χ0) is 13.3. The maximum atomic E-state index is 4.47. The van der Waals surface area contributed by atoms with E-state index in [1.165, 1.54) is 49.7 Å². The average molecular weight is 253 g/mol. The number of nitrogens with zero attached hydrogens (tertiary/aromatic N) is 1. The van der Waals surface area contributed by atoms with Crippen LogP contribution in [-0.4, -0.2) is 4.98 Å². The zero-order valence-electron chi connectivity index (χ0n) is 11.8. The largest absolute Gasteiger partial charge is 0.256 e. The number of benzene rings is 1. The van der Waals surface area contributed by atoms with Gasteiger partial charge >= 0.3 is 0 Å². The van der Waals surface area contributed by atoms with Gasteiger partial charge in [-0.1, -0.05) is 62.9 Å². The molecule has 2 rings (SSSR count). The van der Waals surface area contributed by atoms with Gasteiger partial charge in [0.25, 0.3) is 0 Å². The summed E-state index contributed by atoms with van der Waals surface area (Å²) in [5.41, 5.74) is 3.70. The van der Waals surface area contributed by atoms with Crippen LogP contribution in [0.3, 0.4) is 0 Å². The molecule has 0 aliphatic heterocycles. The van der Waals surface area contributed by atoms with E-state index in [-0.39, 0.29) is 0 Å². The number of aryl methyl sites for hydroxylation is 1. The van der Waals surface area contributed by atoms with Crippen LogP contribution in [0.1, 0.15) is 44.6 Å². The molecular formula is C18H23N. The Labute approximate surface area is 116 Å². The van der Waals surface area contributed by atoms with E-state index < -0.39 is 0 Å². The molecular weight excluding hydrogens is 230 g/mol. The zero-order valence-corrected chi connectivity index (χ0v) is 11.8. The Morgan fingerprint density at radius 3 is 2.47 bits per heavy atom. The summed E-state index contributed by atoms with van der Waals surface area (Å²) >= 11 is 0. The molecule has 0 fully saturated rings. The summed E-state index contributed by atoms with van der Waals surface area (Å²) < 4.78 is 0. The molecule has 1 aromatic carbocycles. The van der Waals surface area contributed by atoms with Crippen LogP contribution in [0, 0.1) is 0 Å². The van der Waals surface area contributed by atoms with Crippen molar-refractivity contribution in [2.45, 2.75) is 45.4 Å². The highest BCUT2D eigenvalue weighted by atomic mass is 14.7. The Hall–Kier alpha value is -1.63. The van der Waals surface area contributed by atoms with Gasteiger partial charge in [-0.25, -0.2) is 0 Å². The predicted molar refractivity (Wildman–Crippen MR) is 82.1 cm³/mol. The van der Waals surface area contributed by atoms with Gasteiger partial charge in [0.1, 0.15) is 0 Å². The summed E-state index contributed by atoms with van der Waals surface area (Å²) in [5.74, 6) is 0. The Balaban J connectivity index is 1.92. The van der Waals surface area contributed by atoms with Crippen molar-refractivity contribution in [1.29, 1.82) is 0 Å². The van der Waals surface area contributed by atoms with Crippen LogP contribution in [0.15, 0.2) is 48.7 Å². The van der Waals surface area contributed by atoms with Crippen LogP contribution in [0.25, 0.3) is 11.3 Å². The fourth-order valence-electron chi connectivity index (χ4n) is 2.33. The molecule has 19 heavy (non-hydrogen) atoms. The molecule has 0 aliphatic rings. The van der Waals surface area contributed by atoms with Gasteiger partial charge in [-0.15, -0.1) is 0 Å². The molecule has 0 unspecified atom stereocenters. The molecule has 0 spiro atoms. The van der Waals surface area contributed by atoms with E-state index in [1.54, 1.807) is 0 Å². The van der Waals surface area contributed by atoms with Crippen molar-refractivity contribution >= 4 is 0 Å². The molecule has 100 valence electrons. The minimum absolute atomic E-state index is 1.09. The highest BCUT2D eigenvalue weighted by Gasteiger charge is 2.00. The molecule has 0 aliphatic carbocycles. The lowest BCUT2D eigenvalue weighted by Crippen LogP contribution is -1.89. The highest BCUT2D eigenvalue weighted by Crippen LogP contribution is 2.18. The van der Waals surface area contributed by atoms with Gasteiger partial charge in [0.05, 0.1) is 5.69 Å². The van der Waals surface area contributed by atoms with Gasteiger partial charge in [0.2, 0.25) is 0 Å². The molecule has 0 bridgehead atoms. The molecule has 0 N–H and O–H groups in total. The van der Waals surface area contributed by atoms with Crippen LogP contribution < -0.4 is 0 Å². The van der Waals surface area contributed by atoms with Crippen molar-refractivity contribution in [3.8, 4) is 11.3 Å². The molecule has 1 nitrogen and oxygen atoms in total. The predicted octanol–water partition coefficient (Wildman–Crippen LogP) is 5.26. The lowest BCUT2D eigenvalue weighted by atomic mass is 10.0. The lowest BCUT2D eigenvalue weighted by Gasteiger charge is -2.05. The van der Waals surface area contributed by atoms with Crippen molar-refractivity contribution < 1.29 is 0 Å². The highest BCUT2D eigenvalue weighted by molar-refractivity contribution is 5.59. The molecule has 0 saturated heterocycles. The Bertz CT molecular complexity index is 476. The van der Waals surface area contributed by atoms with Gasteiger partial charge < -0.3 is 0 Å². The standard InChI is InChI=1S/C18H23N/c1-2-3-4-5-7-10-16-13-14-19-18(15-16)17-11-8-6-9-12-17/h6,8-9,11-15H,2-5,7,10H2,1H3. The van der Waals surface area contributed by atoms with Crippen molar-refractivity contribution in [3.05, 3.63) is 54.2 Å². The van der Waals surface area contributed by atoms with Crippen LogP contribution >= 0.6 is 0 Å². The fourth-order valence-corrected chi connectivity index (χ4v) is 2.33. The number of unbranched alkanes of at least 4 members (excludes halogenated alkanes) is 4. The third-order valence-electron chi connectivity index (χ3n) is 3.46. The first-order chi connectivity index (χ1) is 9.40. The van der Waals surface area contributed by atoms with E-state index in [2.05, 4.69) is 48.3 Å². The van der Waals surface area contributed by atoms with E-state index in [0.717, 1.165) is 5.69 Å². The minimum Gasteiger partial charge on any atom is -0.256 e. The third-order valence-corrected chi connectivity index (χ3v) is 3.46. The molecule has 1 aromatic heterocycles. The van der Waals surface area contributed by atoms with Gasteiger partial charge in [-0.3, -0.25) is 4.98 Å². The van der Waals surface area contributed by atoms with Crippen LogP contribution in [0.2, 0.25) is 0 Å². The van der Waals surface area contributed by atoms with Crippen LogP contribution in [-0.2, 0) is 6.42 Å². The normalized spacial score (nSPS) is 10.6. The van der Waals surface area contributed by atoms with E-state index in [0.29, 0.717) is 0 Å². The number of aromatic nitrogens is 1. The van der Waals surface area contributed by atoms with E-state index >= 15 is 0 Å². The molecule has 0 radical (unpaired) electrons. The van der Waals surface area contributed by atoms with Gasteiger partial charge in [-0.05, 0) is 30.5 Å². The molecule has 0 atom stereocenters.